The maximum Gasteiger partial charge on any atom is 0.408 e. The van der Waals surface area contributed by atoms with E-state index in [-0.39, 0.29) is 6.61 Å². The van der Waals surface area contributed by atoms with Crippen molar-refractivity contribution < 1.29 is 9.67 Å². The minimum Gasteiger partial charge on any atom is -0.392 e. The molecule has 2 N–H and O–H groups in total. The van der Waals surface area contributed by atoms with Crippen molar-refractivity contribution >= 4 is 27.8 Å². The van der Waals surface area contributed by atoms with Crippen LogP contribution in [0, 0.1) is 0 Å². The molecule has 0 saturated heterocycles. The van der Waals surface area contributed by atoms with Gasteiger partial charge in [0.05, 0.1) is 11.7 Å². The van der Waals surface area contributed by atoms with Gasteiger partial charge in [-0.05, 0) is 47.1 Å². The van der Waals surface area contributed by atoms with Crippen molar-refractivity contribution in [2.45, 2.75) is 26.3 Å². The van der Waals surface area contributed by atoms with Crippen LogP contribution in [0.3, 0.4) is 0 Å². The molecule has 0 atom stereocenters. The summed E-state index contributed by atoms with van der Waals surface area (Å²) in [5.74, 6) is 0. The Labute approximate surface area is 129 Å². The Morgan fingerprint density at radius 1 is 1.24 bits per heavy atom. The molecule has 0 radical (unpaired) electrons. The first-order valence-electron chi connectivity index (χ1n) is 7.17. The van der Waals surface area contributed by atoms with E-state index in [1.165, 1.54) is 24.2 Å². The average molecular weight is 305 g/mol. The van der Waals surface area contributed by atoms with Crippen LogP contribution < -0.4 is 9.88 Å². The zero-order valence-corrected chi connectivity index (χ0v) is 13.0. The normalized spacial score (nSPS) is 11.1. The number of nitrogens with zero attached hydrogens (tertiary/aromatic N) is 3. The molecule has 0 aliphatic rings. The van der Waals surface area contributed by atoms with Crippen molar-refractivity contribution in [1.82, 2.24) is 0 Å². The molecule has 0 amide bonds. The summed E-state index contributed by atoms with van der Waals surface area (Å²) in [7, 11) is 0. The van der Waals surface area contributed by atoms with E-state index in [1.54, 1.807) is 0 Å². The van der Waals surface area contributed by atoms with Crippen LogP contribution in [0.5, 0.6) is 0 Å². The van der Waals surface area contributed by atoms with Crippen LogP contribution in [0.1, 0.15) is 19.8 Å². The Bertz CT molecular complexity index is 565. The first-order valence-corrected chi connectivity index (χ1v) is 8.05. The topological polar surface area (TPSA) is 60.9 Å². The van der Waals surface area contributed by atoms with Crippen molar-refractivity contribution in [1.29, 1.82) is 0 Å². The highest BCUT2D eigenvalue weighted by Gasteiger charge is 2.10. The van der Waals surface area contributed by atoms with Crippen molar-refractivity contribution in [2.24, 2.45) is 10.2 Å². The summed E-state index contributed by atoms with van der Waals surface area (Å²) < 4.78 is 1.88. The highest BCUT2D eigenvalue weighted by Crippen LogP contribution is 2.20. The summed E-state index contributed by atoms with van der Waals surface area (Å²) >= 11 is 1.50. The fourth-order valence-electron chi connectivity index (χ4n) is 1.81. The molecule has 2 rings (SSSR count). The predicted octanol–water partition coefficient (Wildman–Crippen LogP) is 3.66. The van der Waals surface area contributed by atoms with Crippen LogP contribution in [-0.2, 0) is 6.54 Å². The van der Waals surface area contributed by atoms with Gasteiger partial charge in [0.2, 0.25) is 0 Å². The van der Waals surface area contributed by atoms with Gasteiger partial charge in [0.15, 0.2) is 0 Å². The summed E-state index contributed by atoms with van der Waals surface area (Å²) in [5, 5.41) is 23.5. The standard InChI is InChI=1S/C15H20N4OS/c1-2-3-8-16-13-4-6-14(7-5-13)17-18-15-19(9-11-20)10-12-21-15/h4-7,10,12,20H,2-3,8-9,11H2,1H3/p+1. The van der Waals surface area contributed by atoms with Crippen LogP contribution >= 0.6 is 11.3 Å². The van der Waals surface area contributed by atoms with E-state index in [9.17, 15) is 0 Å². The lowest BCUT2D eigenvalue weighted by Gasteiger charge is -2.04. The minimum atomic E-state index is 0.0993. The third kappa shape index (κ3) is 4.91. The Morgan fingerprint density at radius 2 is 2.05 bits per heavy atom. The number of aliphatic hydroxyl groups excluding tert-OH is 1. The van der Waals surface area contributed by atoms with Gasteiger partial charge in [-0.2, -0.15) is 0 Å². The molecule has 0 saturated carbocycles. The van der Waals surface area contributed by atoms with Gasteiger partial charge < -0.3 is 10.4 Å². The Hall–Kier alpha value is -1.79. The maximum absolute atomic E-state index is 8.97. The quantitative estimate of drug-likeness (QED) is 0.444. The zero-order valence-electron chi connectivity index (χ0n) is 12.2. The van der Waals surface area contributed by atoms with E-state index in [2.05, 4.69) is 22.5 Å². The van der Waals surface area contributed by atoms with Crippen molar-refractivity contribution in [2.75, 3.05) is 18.5 Å². The predicted molar refractivity (Wildman–Crippen MR) is 85.6 cm³/mol. The number of hydrogen-bond acceptors (Lipinski definition) is 5. The van der Waals surface area contributed by atoms with Gasteiger partial charge in [0.1, 0.15) is 18.4 Å². The van der Waals surface area contributed by atoms with Crippen LogP contribution in [0.4, 0.5) is 16.5 Å². The molecule has 6 heteroatoms. The van der Waals surface area contributed by atoms with Crippen molar-refractivity contribution in [3.8, 4) is 0 Å². The van der Waals surface area contributed by atoms with Crippen molar-refractivity contribution in [3.63, 3.8) is 0 Å². The zero-order chi connectivity index (χ0) is 14.9. The van der Waals surface area contributed by atoms with Gasteiger partial charge in [0, 0.05) is 17.6 Å². The van der Waals surface area contributed by atoms with Crippen LogP contribution in [0.2, 0.25) is 0 Å². The first kappa shape index (κ1) is 15.6. The molecular formula is C15H21N4OS+. The number of aliphatic hydroxyl groups is 1. The van der Waals surface area contributed by atoms with Gasteiger partial charge in [-0.15, -0.1) is 0 Å². The van der Waals surface area contributed by atoms with E-state index in [0.29, 0.717) is 6.54 Å². The fraction of sp³-hybridized carbons (Fsp3) is 0.400. The number of anilines is 1. The SMILES string of the molecule is CCCCNc1ccc(N=Nc2scc[n+]2CCO)cc1. The lowest BCUT2D eigenvalue weighted by atomic mass is 10.2. The summed E-state index contributed by atoms with van der Waals surface area (Å²) in [6.45, 7) is 3.81. The molecule has 112 valence electrons. The first-order chi connectivity index (χ1) is 10.3. The van der Waals surface area contributed by atoms with E-state index < -0.39 is 0 Å². The summed E-state index contributed by atoms with van der Waals surface area (Å²) in [6, 6.07) is 7.92. The number of benzene rings is 1. The van der Waals surface area contributed by atoms with Gasteiger partial charge >= 0.3 is 5.13 Å². The van der Waals surface area contributed by atoms with E-state index in [0.717, 1.165) is 23.1 Å². The summed E-state index contributed by atoms with van der Waals surface area (Å²) in [4.78, 5) is 0. The average Bonchev–Trinajstić information content (AvgIpc) is 2.94. The Morgan fingerprint density at radius 3 is 2.76 bits per heavy atom. The largest absolute Gasteiger partial charge is 0.408 e. The number of unbranched alkanes of at least 4 members (excludes halogenated alkanes) is 1. The van der Waals surface area contributed by atoms with Crippen LogP contribution in [0.15, 0.2) is 46.1 Å². The van der Waals surface area contributed by atoms with Crippen LogP contribution in [-0.4, -0.2) is 18.3 Å². The smallest absolute Gasteiger partial charge is 0.392 e. The molecule has 1 aromatic heterocycles. The molecule has 5 nitrogen and oxygen atoms in total. The summed E-state index contributed by atoms with van der Waals surface area (Å²) in [5.41, 5.74) is 1.92. The molecule has 0 fully saturated rings. The van der Waals surface area contributed by atoms with Crippen molar-refractivity contribution in [3.05, 3.63) is 35.8 Å². The van der Waals surface area contributed by atoms with Gasteiger partial charge in [-0.1, -0.05) is 13.3 Å². The number of azo groups is 1. The lowest BCUT2D eigenvalue weighted by molar-refractivity contribution is -0.681. The second-order valence-electron chi connectivity index (χ2n) is 4.63. The number of aromatic nitrogens is 1. The Balaban J connectivity index is 1.96. The molecule has 0 aliphatic carbocycles. The molecule has 1 aromatic carbocycles. The second-order valence-corrected chi connectivity index (χ2v) is 5.50. The lowest BCUT2D eigenvalue weighted by Crippen LogP contribution is -2.32. The number of rotatable bonds is 8. The molecular weight excluding hydrogens is 284 g/mol. The van der Waals surface area contributed by atoms with Crippen LogP contribution in [0.25, 0.3) is 0 Å². The third-order valence-corrected chi connectivity index (χ3v) is 3.76. The highest BCUT2D eigenvalue weighted by atomic mass is 32.1. The molecule has 21 heavy (non-hydrogen) atoms. The number of nitrogens with one attached hydrogen (secondary N) is 1. The summed E-state index contributed by atoms with van der Waals surface area (Å²) in [6.07, 6.45) is 4.26. The molecule has 0 bridgehead atoms. The van der Waals surface area contributed by atoms with Gasteiger partial charge in [-0.3, -0.25) is 0 Å². The highest BCUT2D eigenvalue weighted by molar-refractivity contribution is 7.12. The van der Waals surface area contributed by atoms with Gasteiger partial charge in [0.25, 0.3) is 0 Å². The number of hydrogen-bond donors (Lipinski definition) is 2. The number of thiazole rings is 1. The second kappa shape index (κ2) is 8.49. The fourth-order valence-corrected chi connectivity index (χ4v) is 2.52. The minimum absolute atomic E-state index is 0.0993. The van der Waals surface area contributed by atoms with E-state index in [4.69, 9.17) is 5.11 Å². The molecule has 1 heterocycles. The molecule has 0 spiro atoms. The van der Waals surface area contributed by atoms with E-state index in [1.807, 2.05) is 40.4 Å². The Kier molecular flexibility index (Phi) is 6.30. The molecule has 0 aliphatic heterocycles. The maximum atomic E-state index is 8.97. The molecule has 2 aromatic rings. The molecule has 0 unspecified atom stereocenters. The van der Waals surface area contributed by atoms with Gasteiger partial charge in [-0.25, -0.2) is 4.57 Å². The van der Waals surface area contributed by atoms with E-state index >= 15 is 0 Å². The monoisotopic (exact) mass is 305 g/mol. The third-order valence-electron chi connectivity index (χ3n) is 2.98.